The molecule has 0 aliphatic carbocycles. The second kappa shape index (κ2) is 12.4. The van der Waals surface area contributed by atoms with Crippen LogP contribution in [0, 0.1) is 5.41 Å². The van der Waals surface area contributed by atoms with Gasteiger partial charge in [-0.25, -0.2) is 4.98 Å². The van der Waals surface area contributed by atoms with Crippen LogP contribution in [0.2, 0.25) is 0 Å². The fourth-order valence-corrected chi connectivity index (χ4v) is 5.09. The van der Waals surface area contributed by atoms with Crippen LogP contribution in [0.15, 0.2) is 60.4 Å². The first-order chi connectivity index (χ1) is 19.0. The lowest BCUT2D eigenvalue weighted by Gasteiger charge is -2.33. The Morgan fingerprint density at radius 3 is 2.49 bits per heavy atom. The third kappa shape index (κ3) is 6.44. The van der Waals surface area contributed by atoms with Gasteiger partial charge in [0.1, 0.15) is 5.82 Å². The van der Waals surface area contributed by atoms with Crippen molar-refractivity contribution in [1.82, 2.24) is 20.1 Å². The summed E-state index contributed by atoms with van der Waals surface area (Å²) in [5.41, 5.74) is 4.14. The van der Waals surface area contributed by atoms with E-state index in [1.54, 1.807) is 12.3 Å². The number of nitrogens with one attached hydrogen (secondary N) is 3. The monoisotopic (exact) mass is 527 g/mol. The zero-order valence-electron chi connectivity index (χ0n) is 22.7. The minimum Gasteiger partial charge on any atom is -0.390 e. The summed E-state index contributed by atoms with van der Waals surface area (Å²) in [6.07, 6.45) is 3.12. The van der Waals surface area contributed by atoms with Crippen LogP contribution in [0.5, 0.6) is 0 Å². The van der Waals surface area contributed by atoms with Crippen LogP contribution in [0.3, 0.4) is 0 Å². The summed E-state index contributed by atoms with van der Waals surface area (Å²) in [5, 5.41) is 16.6. The van der Waals surface area contributed by atoms with Gasteiger partial charge < -0.3 is 30.6 Å². The summed E-state index contributed by atoms with van der Waals surface area (Å²) in [6, 6.07) is 15.7. The molecule has 2 aliphatic rings. The number of hydrogen-bond donors (Lipinski definition) is 3. The van der Waals surface area contributed by atoms with Crippen molar-refractivity contribution in [2.45, 2.75) is 0 Å². The Balaban J connectivity index is 1.35. The van der Waals surface area contributed by atoms with Gasteiger partial charge >= 0.3 is 0 Å². The molecule has 39 heavy (non-hydrogen) atoms. The number of anilines is 2. The Hall–Kier alpha value is -3.79. The molecular formula is C30H37N7O2. The third-order valence-corrected chi connectivity index (χ3v) is 7.50. The quantitative estimate of drug-likeness (QED) is 0.387. The van der Waals surface area contributed by atoms with Gasteiger partial charge in [-0.1, -0.05) is 18.2 Å². The lowest BCUT2D eigenvalue weighted by atomic mass is 9.99. The van der Waals surface area contributed by atoms with E-state index in [4.69, 9.17) is 10.1 Å². The molecule has 2 aromatic carbocycles. The lowest BCUT2D eigenvalue weighted by molar-refractivity contribution is 0.0418. The van der Waals surface area contributed by atoms with E-state index < -0.39 is 0 Å². The summed E-state index contributed by atoms with van der Waals surface area (Å²) in [4.78, 5) is 24.5. The number of ether oxygens (including phenoxy) is 1. The fraction of sp³-hybridized carbons (Fsp3) is 0.367. The van der Waals surface area contributed by atoms with Crippen molar-refractivity contribution in [1.29, 1.82) is 5.41 Å². The number of rotatable bonds is 8. The average molecular weight is 528 g/mol. The molecule has 3 N–H and O–H groups in total. The van der Waals surface area contributed by atoms with Crippen LogP contribution in [-0.2, 0) is 4.74 Å². The molecule has 5 rings (SSSR count). The molecule has 0 unspecified atom stereocenters. The van der Waals surface area contributed by atoms with Crippen molar-refractivity contribution < 1.29 is 9.53 Å². The van der Waals surface area contributed by atoms with Crippen LogP contribution in [0.1, 0.15) is 15.9 Å². The third-order valence-electron chi connectivity index (χ3n) is 7.50. The molecule has 9 heteroatoms. The van der Waals surface area contributed by atoms with Crippen LogP contribution < -0.4 is 15.5 Å². The Morgan fingerprint density at radius 1 is 0.974 bits per heavy atom. The summed E-state index contributed by atoms with van der Waals surface area (Å²) in [6.45, 7) is 7.73. The molecule has 2 saturated heterocycles. The first-order valence-electron chi connectivity index (χ1n) is 13.5. The van der Waals surface area contributed by atoms with E-state index >= 15 is 0 Å². The smallest absolute Gasteiger partial charge is 0.255 e. The molecule has 0 radical (unpaired) electrons. The summed E-state index contributed by atoms with van der Waals surface area (Å²) >= 11 is 0. The van der Waals surface area contributed by atoms with Gasteiger partial charge in [0.05, 0.1) is 13.2 Å². The van der Waals surface area contributed by atoms with Gasteiger partial charge in [-0.2, -0.15) is 0 Å². The molecule has 1 amide bonds. The number of hydrogen-bond acceptors (Lipinski definition) is 8. The topological polar surface area (TPSA) is 96.8 Å². The largest absolute Gasteiger partial charge is 0.390 e. The molecule has 0 spiro atoms. The number of carbonyl (C=O) groups is 1. The number of nitrogens with zero attached hydrogens (tertiary/aromatic N) is 4. The molecule has 0 atom stereocenters. The number of aromatic nitrogens is 1. The summed E-state index contributed by atoms with van der Waals surface area (Å²) in [5.74, 6) is 0.675. The number of allylic oxidation sites excluding steroid dienone is 1. The maximum atomic E-state index is 13.2. The number of likely N-dealkylation sites (N-methyl/N-ethyl adjacent to an activating group) is 2. The van der Waals surface area contributed by atoms with Gasteiger partial charge in [-0.15, -0.1) is 0 Å². The van der Waals surface area contributed by atoms with Gasteiger partial charge in [-0.3, -0.25) is 9.69 Å². The Kier molecular flexibility index (Phi) is 8.51. The number of piperazine rings is 1. The number of benzene rings is 2. The minimum absolute atomic E-state index is 0.161. The van der Waals surface area contributed by atoms with Crippen molar-refractivity contribution in [3.8, 4) is 0 Å². The van der Waals surface area contributed by atoms with Gasteiger partial charge in [0.2, 0.25) is 0 Å². The normalized spacial score (nSPS) is 17.5. The van der Waals surface area contributed by atoms with Gasteiger partial charge in [-0.05, 0) is 53.7 Å². The van der Waals surface area contributed by atoms with Crippen molar-refractivity contribution in [3.05, 3.63) is 71.6 Å². The highest BCUT2D eigenvalue weighted by Gasteiger charge is 2.18. The first-order valence-corrected chi connectivity index (χ1v) is 13.5. The molecule has 1 aromatic heterocycles. The van der Waals surface area contributed by atoms with E-state index in [-0.39, 0.29) is 5.91 Å². The Bertz CT molecular complexity index is 1360. The highest BCUT2D eigenvalue weighted by atomic mass is 16.5. The molecule has 2 fully saturated rings. The van der Waals surface area contributed by atoms with Gasteiger partial charge in [0.25, 0.3) is 5.91 Å². The standard InChI is InChI=1S/C30H37N7O2/c1-32-28(21-36-13-15-39-16-14-36)27(20-31)23-4-3-22-5-6-26(18-25(22)17-23)34-30(38)24-7-8-33-29(19-24)37-11-9-35(2)10-12-37/h3-8,17-20,31-32H,9-16,21H2,1-2H3,(H,34,38)/b28-27+,31-20?. The summed E-state index contributed by atoms with van der Waals surface area (Å²) in [7, 11) is 4.02. The lowest BCUT2D eigenvalue weighted by Crippen LogP contribution is -2.44. The van der Waals surface area contributed by atoms with Crippen molar-refractivity contribution in [2.75, 3.05) is 83.3 Å². The van der Waals surface area contributed by atoms with E-state index in [1.807, 2.05) is 31.3 Å². The van der Waals surface area contributed by atoms with Crippen LogP contribution in [0.4, 0.5) is 11.5 Å². The van der Waals surface area contributed by atoms with Gasteiger partial charge in [0, 0.05) is 87.8 Å². The number of fused-ring (bicyclic) bond motifs is 1. The number of morpholine rings is 1. The summed E-state index contributed by atoms with van der Waals surface area (Å²) < 4.78 is 5.48. The number of amides is 1. The molecule has 0 saturated carbocycles. The van der Waals surface area contributed by atoms with Crippen molar-refractivity contribution in [3.63, 3.8) is 0 Å². The predicted molar refractivity (Wildman–Crippen MR) is 158 cm³/mol. The molecule has 9 nitrogen and oxygen atoms in total. The second-order valence-electron chi connectivity index (χ2n) is 10.1. The van der Waals surface area contributed by atoms with E-state index in [1.165, 1.54) is 6.21 Å². The van der Waals surface area contributed by atoms with Crippen molar-refractivity contribution >= 4 is 40.0 Å². The maximum absolute atomic E-state index is 13.2. The Morgan fingerprint density at radius 2 is 1.74 bits per heavy atom. The van der Waals surface area contributed by atoms with E-state index in [9.17, 15) is 4.79 Å². The predicted octanol–water partition coefficient (Wildman–Crippen LogP) is 3.15. The number of pyridine rings is 1. The molecule has 204 valence electrons. The zero-order valence-corrected chi connectivity index (χ0v) is 22.7. The number of carbonyl (C=O) groups excluding carboxylic acids is 1. The van der Waals surface area contributed by atoms with Crippen LogP contribution >= 0.6 is 0 Å². The first kappa shape index (κ1) is 26.8. The molecule has 3 heterocycles. The minimum atomic E-state index is -0.161. The van der Waals surface area contributed by atoms with E-state index in [0.717, 1.165) is 98.1 Å². The Labute approximate surface area is 230 Å². The molecule has 0 bridgehead atoms. The molecule has 2 aliphatic heterocycles. The average Bonchev–Trinajstić information content (AvgIpc) is 2.97. The molecular weight excluding hydrogens is 490 g/mol. The molecule has 3 aromatic rings. The van der Waals surface area contributed by atoms with Crippen molar-refractivity contribution in [2.24, 2.45) is 0 Å². The highest BCUT2D eigenvalue weighted by molar-refractivity contribution is 6.11. The maximum Gasteiger partial charge on any atom is 0.255 e. The van der Waals surface area contributed by atoms with Gasteiger partial charge in [0.15, 0.2) is 0 Å². The van der Waals surface area contributed by atoms with Crippen LogP contribution in [0.25, 0.3) is 16.3 Å². The second-order valence-corrected chi connectivity index (χ2v) is 10.1. The highest BCUT2D eigenvalue weighted by Crippen LogP contribution is 2.26. The van der Waals surface area contributed by atoms with E-state index in [2.05, 4.69) is 55.6 Å². The zero-order chi connectivity index (χ0) is 27.2. The van der Waals surface area contributed by atoms with Crippen LogP contribution in [-0.4, -0.2) is 100 Å². The van der Waals surface area contributed by atoms with E-state index in [0.29, 0.717) is 5.56 Å². The fourth-order valence-electron chi connectivity index (χ4n) is 5.09. The SMILES string of the molecule is CN/C(CN1CCOCC1)=C(\C=N)c1ccc2ccc(NC(=O)c3ccnc(N4CCN(C)CC4)c3)cc2c1.